The van der Waals surface area contributed by atoms with Crippen LogP contribution in [0.1, 0.15) is 6.92 Å². The number of benzene rings is 6. The summed E-state index contributed by atoms with van der Waals surface area (Å²) in [6.45, 7) is 6.17. The summed E-state index contributed by atoms with van der Waals surface area (Å²) in [5, 5.41) is 8.76. The van der Waals surface area contributed by atoms with Crippen LogP contribution in [0.3, 0.4) is 0 Å². The number of fused-ring (bicyclic) bond motifs is 6. The Labute approximate surface area is 261 Å². The summed E-state index contributed by atoms with van der Waals surface area (Å²) in [5.74, 6) is 0. The van der Waals surface area contributed by atoms with E-state index >= 15 is 0 Å². The molecule has 3 aromatic heterocycles. The van der Waals surface area contributed by atoms with Crippen molar-refractivity contribution in [3.63, 3.8) is 0 Å². The van der Waals surface area contributed by atoms with Crippen molar-refractivity contribution in [1.82, 2.24) is 8.97 Å². The van der Waals surface area contributed by atoms with Gasteiger partial charge in [-0.25, -0.2) is 0 Å². The minimum atomic E-state index is 1.16. The van der Waals surface area contributed by atoms with Crippen molar-refractivity contribution < 1.29 is 0 Å². The number of aromatic nitrogens is 2. The van der Waals surface area contributed by atoms with E-state index in [0.29, 0.717) is 0 Å². The fourth-order valence-corrected chi connectivity index (χ4v) is 7.44. The van der Waals surface area contributed by atoms with Gasteiger partial charge in [0, 0.05) is 43.2 Å². The van der Waals surface area contributed by atoms with Gasteiger partial charge in [0.15, 0.2) is 0 Å². The van der Waals surface area contributed by atoms with Gasteiger partial charge in [0.25, 0.3) is 0 Å². The van der Waals surface area contributed by atoms with Gasteiger partial charge in [-0.3, -0.25) is 0 Å². The molecule has 0 atom stereocenters. The molecule has 0 radical (unpaired) electrons. The minimum absolute atomic E-state index is 1.16. The van der Waals surface area contributed by atoms with Crippen molar-refractivity contribution in [2.24, 2.45) is 0 Å². The summed E-state index contributed by atoms with van der Waals surface area (Å²) in [5.41, 5.74) is 11.0. The Hall–Kier alpha value is -5.86. The molecule has 212 valence electrons. The SMILES string of the molecule is C=C/C=c1\c(=C/C)n2c3ccccc3c3cc(-c4ccc5c(c4)c4ccccc4n5-c4cccc(-c5ccccc5)c4)cc1c32. The number of allylic oxidation sites excluding steroid dienone is 1. The standard InChI is InChI=1S/C43H30N2/c1-3-13-33-37-26-31(27-38-35-19-9-11-21-41(35)45(43(37)38)39(33)4-2)30-22-23-42-36(25-30)34-18-8-10-20-40(34)44(42)32-17-12-16-29(24-32)28-14-6-5-7-15-28/h3-27H,1H2,2H3/b33-13-,39-4+. The number of nitrogens with zero attached hydrogens (tertiary/aromatic N) is 2. The summed E-state index contributed by atoms with van der Waals surface area (Å²) < 4.78 is 4.82. The third-order valence-corrected chi connectivity index (χ3v) is 9.35. The zero-order valence-electron chi connectivity index (χ0n) is 25.0. The average Bonchev–Trinajstić information content (AvgIpc) is 3.72. The van der Waals surface area contributed by atoms with Crippen LogP contribution in [-0.2, 0) is 0 Å². The summed E-state index contributed by atoms with van der Waals surface area (Å²) >= 11 is 0. The van der Waals surface area contributed by atoms with Crippen LogP contribution in [0.25, 0.3) is 89.1 Å². The Morgan fingerprint density at radius 3 is 1.96 bits per heavy atom. The van der Waals surface area contributed by atoms with E-state index in [-0.39, 0.29) is 0 Å². The molecule has 3 heterocycles. The van der Waals surface area contributed by atoms with Crippen molar-refractivity contribution in [2.75, 3.05) is 0 Å². The first kappa shape index (κ1) is 25.6. The predicted molar refractivity (Wildman–Crippen MR) is 193 cm³/mol. The first-order valence-electron chi connectivity index (χ1n) is 15.5. The number of para-hydroxylation sites is 2. The maximum Gasteiger partial charge on any atom is 0.0620 e. The Balaban J connectivity index is 1.31. The van der Waals surface area contributed by atoms with Gasteiger partial charge in [-0.15, -0.1) is 0 Å². The highest BCUT2D eigenvalue weighted by atomic mass is 15.0. The lowest BCUT2D eigenvalue weighted by Gasteiger charge is -2.11. The molecule has 2 heteroatoms. The van der Waals surface area contributed by atoms with Crippen LogP contribution in [0, 0.1) is 0 Å². The summed E-state index contributed by atoms with van der Waals surface area (Å²) in [7, 11) is 0. The molecule has 0 bridgehead atoms. The molecule has 0 fully saturated rings. The quantitative estimate of drug-likeness (QED) is 0.198. The van der Waals surface area contributed by atoms with Gasteiger partial charge in [-0.1, -0.05) is 110 Å². The summed E-state index contributed by atoms with van der Waals surface area (Å²) in [4.78, 5) is 0. The van der Waals surface area contributed by atoms with E-state index in [2.05, 4.69) is 168 Å². The molecule has 0 saturated heterocycles. The van der Waals surface area contributed by atoms with E-state index in [0.717, 1.165) is 5.69 Å². The Bertz CT molecular complexity index is 2720. The van der Waals surface area contributed by atoms with Crippen molar-refractivity contribution in [3.8, 4) is 27.9 Å². The largest absolute Gasteiger partial charge is 0.309 e. The second-order valence-electron chi connectivity index (χ2n) is 11.8. The Morgan fingerprint density at radius 2 is 1.16 bits per heavy atom. The molecule has 0 aliphatic rings. The average molecular weight is 575 g/mol. The second-order valence-corrected chi connectivity index (χ2v) is 11.8. The molecule has 0 saturated carbocycles. The van der Waals surface area contributed by atoms with E-state index in [4.69, 9.17) is 0 Å². The summed E-state index contributed by atoms with van der Waals surface area (Å²) in [6, 6.07) is 48.7. The van der Waals surface area contributed by atoms with Crippen molar-refractivity contribution in [2.45, 2.75) is 6.92 Å². The predicted octanol–water partition coefficient (Wildman–Crippen LogP) is 9.88. The maximum absolute atomic E-state index is 4.04. The van der Waals surface area contributed by atoms with Crippen molar-refractivity contribution >= 4 is 61.1 Å². The second kappa shape index (κ2) is 9.83. The minimum Gasteiger partial charge on any atom is -0.309 e. The van der Waals surface area contributed by atoms with Crippen LogP contribution in [0.15, 0.2) is 146 Å². The van der Waals surface area contributed by atoms with Crippen LogP contribution >= 0.6 is 0 Å². The lowest BCUT2D eigenvalue weighted by molar-refractivity contribution is 1.18. The van der Waals surface area contributed by atoms with Crippen LogP contribution in [0.2, 0.25) is 0 Å². The summed E-state index contributed by atoms with van der Waals surface area (Å²) in [6.07, 6.45) is 6.27. The highest BCUT2D eigenvalue weighted by Gasteiger charge is 2.18. The molecule has 0 spiro atoms. The van der Waals surface area contributed by atoms with Crippen LogP contribution < -0.4 is 10.6 Å². The Kier molecular flexibility index (Phi) is 5.60. The fraction of sp³-hybridized carbons (Fsp3) is 0.0233. The zero-order valence-corrected chi connectivity index (χ0v) is 25.0. The van der Waals surface area contributed by atoms with Gasteiger partial charge in [0.2, 0.25) is 0 Å². The van der Waals surface area contributed by atoms with Gasteiger partial charge in [0.05, 0.1) is 22.1 Å². The number of hydrogen-bond donors (Lipinski definition) is 0. The highest BCUT2D eigenvalue weighted by Crippen LogP contribution is 2.38. The fourth-order valence-electron chi connectivity index (χ4n) is 7.44. The molecule has 0 N–H and O–H groups in total. The number of rotatable bonds is 4. The lowest BCUT2D eigenvalue weighted by atomic mass is 9.98. The monoisotopic (exact) mass is 574 g/mol. The van der Waals surface area contributed by atoms with Gasteiger partial charge in [0.1, 0.15) is 0 Å². The third kappa shape index (κ3) is 3.69. The molecule has 9 aromatic rings. The van der Waals surface area contributed by atoms with E-state index in [9.17, 15) is 0 Å². The molecular formula is C43H30N2. The third-order valence-electron chi connectivity index (χ3n) is 9.35. The van der Waals surface area contributed by atoms with Gasteiger partial charge >= 0.3 is 0 Å². The smallest absolute Gasteiger partial charge is 0.0620 e. The van der Waals surface area contributed by atoms with Crippen LogP contribution in [-0.4, -0.2) is 8.97 Å². The Morgan fingerprint density at radius 1 is 0.511 bits per heavy atom. The van der Waals surface area contributed by atoms with Crippen LogP contribution in [0.5, 0.6) is 0 Å². The highest BCUT2D eigenvalue weighted by molar-refractivity contribution is 6.17. The van der Waals surface area contributed by atoms with E-state index in [1.807, 2.05) is 6.08 Å². The molecule has 6 aromatic carbocycles. The molecule has 0 amide bonds. The van der Waals surface area contributed by atoms with Crippen molar-refractivity contribution in [3.05, 3.63) is 157 Å². The zero-order chi connectivity index (χ0) is 30.1. The van der Waals surface area contributed by atoms with Gasteiger partial charge < -0.3 is 8.97 Å². The molecule has 0 aliphatic carbocycles. The van der Waals surface area contributed by atoms with Gasteiger partial charge in [-0.05, 0) is 77.7 Å². The molecule has 0 aliphatic heterocycles. The topological polar surface area (TPSA) is 9.34 Å². The van der Waals surface area contributed by atoms with E-state index in [1.54, 1.807) is 0 Å². The van der Waals surface area contributed by atoms with Gasteiger partial charge in [-0.2, -0.15) is 0 Å². The first-order valence-corrected chi connectivity index (χ1v) is 15.5. The lowest BCUT2D eigenvalue weighted by Crippen LogP contribution is -2.25. The van der Waals surface area contributed by atoms with Crippen molar-refractivity contribution in [1.29, 1.82) is 0 Å². The molecule has 9 rings (SSSR count). The van der Waals surface area contributed by atoms with E-state index < -0.39 is 0 Å². The molecular weight excluding hydrogens is 544 g/mol. The molecule has 45 heavy (non-hydrogen) atoms. The van der Waals surface area contributed by atoms with Crippen LogP contribution in [0.4, 0.5) is 0 Å². The number of hydrogen-bond acceptors (Lipinski definition) is 0. The van der Waals surface area contributed by atoms with E-state index in [1.165, 1.54) is 81.8 Å². The molecule has 2 nitrogen and oxygen atoms in total. The first-order chi connectivity index (χ1) is 22.2. The maximum atomic E-state index is 4.04. The normalized spacial score (nSPS) is 12.9. The molecule has 0 unspecified atom stereocenters.